The van der Waals surface area contributed by atoms with Crippen LogP contribution in [0.25, 0.3) is 0 Å². The van der Waals surface area contributed by atoms with E-state index in [-0.39, 0.29) is 29.8 Å². The molecule has 0 bridgehead atoms. The molecule has 1 atom stereocenters. The number of aromatic hydroxyl groups is 1. The summed E-state index contributed by atoms with van der Waals surface area (Å²) in [6.07, 6.45) is 5.14. The summed E-state index contributed by atoms with van der Waals surface area (Å²) in [5, 5.41) is 11.7. The molecule has 0 saturated heterocycles. The Hall–Kier alpha value is -2.47. The lowest BCUT2D eigenvalue weighted by molar-refractivity contribution is -0.0261. The molecule has 3 heterocycles. The number of nitrogens with zero attached hydrogens (tertiary/aromatic N) is 4. The summed E-state index contributed by atoms with van der Waals surface area (Å²) >= 11 is 6.04. The molecule has 1 aromatic heterocycles. The van der Waals surface area contributed by atoms with Gasteiger partial charge in [-0.1, -0.05) is 31.5 Å². The minimum absolute atomic E-state index is 0.0420. The van der Waals surface area contributed by atoms with Gasteiger partial charge in [0.25, 0.3) is 11.5 Å². The molecule has 9 nitrogen and oxygen atoms in total. The van der Waals surface area contributed by atoms with Crippen molar-refractivity contribution in [3.63, 3.8) is 0 Å². The molecule has 2 saturated carbocycles. The molecule has 0 radical (unpaired) electrons. The van der Waals surface area contributed by atoms with Gasteiger partial charge in [0, 0.05) is 44.2 Å². The Balaban J connectivity index is 1.47. The molecule has 2 aromatic rings. The second-order valence-electron chi connectivity index (χ2n) is 12.7. The van der Waals surface area contributed by atoms with Crippen molar-refractivity contribution >= 4 is 27.5 Å². The largest absolute Gasteiger partial charge is 0.503 e. The maximum atomic E-state index is 14.4. The minimum Gasteiger partial charge on any atom is -0.503 e. The highest BCUT2D eigenvalue weighted by Crippen LogP contribution is 2.60. The van der Waals surface area contributed by atoms with Crippen LogP contribution < -0.4 is 5.56 Å². The van der Waals surface area contributed by atoms with Crippen molar-refractivity contribution in [1.82, 2.24) is 18.7 Å². The Kier molecular flexibility index (Phi) is 6.47. The van der Waals surface area contributed by atoms with Crippen LogP contribution in [0.4, 0.5) is 4.39 Å². The number of likely N-dealkylation sites (N-methyl/N-ethyl adjacent to an activating group) is 1. The summed E-state index contributed by atoms with van der Waals surface area (Å²) in [6.45, 7) is 5.36. The molecule has 1 unspecified atom stereocenters. The van der Waals surface area contributed by atoms with Gasteiger partial charge in [0.05, 0.1) is 16.8 Å². The second-order valence-corrected chi connectivity index (χ2v) is 15.2. The molecule has 4 aliphatic rings. The average molecular weight is 607 g/mol. The molecule has 2 aliphatic carbocycles. The summed E-state index contributed by atoms with van der Waals surface area (Å²) in [6, 6.07) is 4.62. The van der Waals surface area contributed by atoms with Crippen molar-refractivity contribution in [3.8, 4) is 5.75 Å². The monoisotopic (exact) mass is 606 g/mol. The van der Waals surface area contributed by atoms with Gasteiger partial charge in [-0.15, -0.1) is 0 Å². The highest BCUT2D eigenvalue weighted by Gasteiger charge is 2.64. The molecular weight excluding hydrogens is 571 g/mol. The third-order valence-electron chi connectivity index (χ3n) is 10.1. The van der Waals surface area contributed by atoms with Crippen LogP contribution in [0.3, 0.4) is 0 Å². The smallest absolute Gasteiger partial charge is 0.295 e. The fourth-order valence-electron chi connectivity index (χ4n) is 7.77. The molecule has 12 heteroatoms. The highest BCUT2D eigenvalue weighted by molar-refractivity contribution is 7.88. The van der Waals surface area contributed by atoms with Crippen LogP contribution in [0.1, 0.15) is 73.1 Å². The first-order chi connectivity index (χ1) is 19.2. The van der Waals surface area contributed by atoms with Crippen LogP contribution in [-0.4, -0.2) is 71.0 Å². The van der Waals surface area contributed by atoms with E-state index in [0.717, 1.165) is 37.5 Å². The first-order valence-electron chi connectivity index (χ1n) is 14.1. The topological polar surface area (TPSA) is 103 Å². The van der Waals surface area contributed by atoms with E-state index in [9.17, 15) is 27.5 Å². The van der Waals surface area contributed by atoms with Gasteiger partial charge in [0.15, 0.2) is 5.75 Å². The van der Waals surface area contributed by atoms with E-state index in [0.29, 0.717) is 42.8 Å². The Morgan fingerprint density at radius 3 is 2.44 bits per heavy atom. The van der Waals surface area contributed by atoms with Crippen LogP contribution in [0.15, 0.2) is 23.0 Å². The van der Waals surface area contributed by atoms with Gasteiger partial charge in [0.2, 0.25) is 10.0 Å². The van der Waals surface area contributed by atoms with Crippen molar-refractivity contribution in [2.45, 2.75) is 70.1 Å². The Bertz CT molecular complexity index is 1640. The second kappa shape index (κ2) is 9.26. The molecule has 6 rings (SSSR count). The third kappa shape index (κ3) is 4.02. The van der Waals surface area contributed by atoms with Gasteiger partial charge in [-0.2, -0.15) is 0 Å². The SMILES string of the molecule is CN(CCN1C(=O)c2c3c(c(O)c(=O)n2C12CCCC2(C)C)C1(CC1)N(Cc1ccc(F)c(Cl)c1)CC3)S(C)(=O)=O. The number of halogens is 2. The quantitative estimate of drug-likeness (QED) is 0.539. The Labute approximate surface area is 244 Å². The van der Waals surface area contributed by atoms with E-state index in [1.54, 1.807) is 21.6 Å². The molecule has 2 fully saturated rings. The number of rotatable bonds is 6. The number of sulfonamides is 1. The maximum Gasteiger partial charge on any atom is 0.295 e. The zero-order valence-electron chi connectivity index (χ0n) is 23.8. The molecule has 2 aliphatic heterocycles. The molecule has 2 spiro atoms. The maximum absolute atomic E-state index is 14.4. The molecule has 1 aromatic carbocycles. The first-order valence-corrected chi connectivity index (χ1v) is 16.3. The summed E-state index contributed by atoms with van der Waals surface area (Å²) in [5.41, 5.74) is -0.249. The number of hydrogen-bond donors (Lipinski definition) is 1. The zero-order chi connectivity index (χ0) is 29.7. The van der Waals surface area contributed by atoms with Crippen molar-refractivity contribution in [3.05, 3.63) is 61.8 Å². The van der Waals surface area contributed by atoms with Crippen LogP contribution in [0, 0.1) is 11.2 Å². The molecule has 1 amide bonds. The normalized spacial score (nSPS) is 24.5. The van der Waals surface area contributed by atoms with Crippen molar-refractivity contribution in [2.24, 2.45) is 5.41 Å². The third-order valence-corrected chi connectivity index (χ3v) is 11.7. The number of carbonyl (C=O) groups is 1. The number of pyridine rings is 1. The van der Waals surface area contributed by atoms with Gasteiger partial charge in [-0.25, -0.2) is 17.1 Å². The zero-order valence-corrected chi connectivity index (χ0v) is 25.4. The van der Waals surface area contributed by atoms with Gasteiger partial charge >= 0.3 is 0 Å². The van der Waals surface area contributed by atoms with E-state index in [1.165, 1.54) is 17.4 Å². The van der Waals surface area contributed by atoms with E-state index in [4.69, 9.17) is 11.6 Å². The first kappa shape index (κ1) is 28.6. The molecule has 222 valence electrons. The highest BCUT2D eigenvalue weighted by atomic mass is 35.5. The van der Waals surface area contributed by atoms with E-state index in [1.807, 2.05) is 13.8 Å². The molecular formula is C29H36ClFN4O5S. The average Bonchev–Trinajstić information content (AvgIpc) is 3.54. The predicted octanol–water partition coefficient (Wildman–Crippen LogP) is 3.60. The Morgan fingerprint density at radius 1 is 1.15 bits per heavy atom. The number of carbonyl (C=O) groups excluding carboxylic acids is 1. The molecule has 1 N–H and O–H groups in total. The summed E-state index contributed by atoms with van der Waals surface area (Å²) in [5.74, 6) is -1.09. The van der Waals surface area contributed by atoms with Crippen LogP contribution in [0.2, 0.25) is 5.02 Å². The Morgan fingerprint density at radius 2 is 1.85 bits per heavy atom. The minimum atomic E-state index is -3.46. The lowest BCUT2D eigenvalue weighted by atomic mass is 9.80. The van der Waals surface area contributed by atoms with Gasteiger partial charge in [-0.05, 0) is 61.8 Å². The number of benzene rings is 1. The fraction of sp³-hybridized carbons (Fsp3) is 0.586. The number of fused-ring (bicyclic) bond motifs is 5. The van der Waals surface area contributed by atoms with E-state index >= 15 is 0 Å². The standard InChI is InChI=1S/C29H36ClFN4O5S/c1-27(2)9-5-10-29(27)34(15-14-32(3)41(4,39)40)25(37)23-19-8-13-33(17-18-6-7-21(31)20(30)16-18)28(11-12-28)22(19)24(36)26(38)35(23)29/h6-7,16,36H,5,8-15,17H2,1-4H3. The lowest BCUT2D eigenvalue weighted by Gasteiger charge is -2.46. The van der Waals surface area contributed by atoms with Crippen molar-refractivity contribution in [2.75, 3.05) is 32.9 Å². The fourth-order valence-corrected chi connectivity index (χ4v) is 8.38. The van der Waals surface area contributed by atoms with Gasteiger partial charge in [-0.3, -0.25) is 19.1 Å². The number of aromatic nitrogens is 1. The van der Waals surface area contributed by atoms with Crippen LogP contribution in [-0.2, 0) is 34.2 Å². The van der Waals surface area contributed by atoms with E-state index < -0.39 is 38.0 Å². The van der Waals surface area contributed by atoms with Gasteiger partial charge < -0.3 is 10.0 Å². The van der Waals surface area contributed by atoms with Gasteiger partial charge in [0.1, 0.15) is 17.2 Å². The number of amides is 1. The number of hydrogen-bond acceptors (Lipinski definition) is 6. The molecule has 41 heavy (non-hydrogen) atoms. The van der Waals surface area contributed by atoms with Crippen molar-refractivity contribution < 1.29 is 22.7 Å². The van der Waals surface area contributed by atoms with Crippen molar-refractivity contribution in [1.29, 1.82) is 0 Å². The summed E-state index contributed by atoms with van der Waals surface area (Å²) < 4.78 is 40.8. The summed E-state index contributed by atoms with van der Waals surface area (Å²) in [4.78, 5) is 32.4. The van der Waals surface area contributed by atoms with E-state index in [2.05, 4.69) is 4.90 Å². The predicted molar refractivity (Wildman–Crippen MR) is 153 cm³/mol. The van der Waals surface area contributed by atoms with Crippen LogP contribution in [0.5, 0.6) is 5.75 Å². The summed E-state index contributed by atoms with van der Waals surface area (Å²) in [7, 11) is -1.98. The van der Waals surface area contributed by atoms with Crippen LogP contribution >= 0.6 is 11.6 Å². The lowest BCUT2D eigenvalue weighted by Crippen LogP contribution is -2.57.